The SMILES string of the molecule is Cn1ccnc1CN1CCN(c2c(Br)cnc(N)c2[N+](=O)[O-])CC1. The molecular formula is C14H18BrN7O2. The highest BCUT2D eigenvalue weighted by Crippen LogP contribution is 2.39. The van der Waals surface area contributed by atoms with E-state index in [1.165, 1.54) is 6.20 Å². The van der Waals surface area contributed by atoms with E-state index in [0.717, 1.165) is 25.5 Å². The van der Waals surface area contributed by atoms with Crippen molar-refractivity contribution in [3.63, 3.8) is 0 Å². The Labute approximate surface area is 147 Å². The van der Waals surface area contributed by atoms with Crippen LogP contribution in [0.1, 0.15) is 5.82 Å². The third kappa shape index (κ3) is 3.20. The Balaban J connectivity index is 1.74. The summed E-state index contributed by atoms with van der Waals surface area (Å²) in [4.78, 5) is 23.4. The van der Waals surface area contributed by atoms with Crippen molar-refractivity contribution in [2.45, 2.75) is 6.54 Å². The number of imidazole rings is 1. The van der Waals surface area contributed by atoms with Gasteiger partial charge in [-0.15, -0.1) is 0 Å². The van der Waals surface area contributed by atoms with Gasteiger partial charge in [-0.2, -0.15) is 0 Å². The number of pyridine rings is 1. The molecule has 0 unspecified atom stereocenters. The van der Waals surface area contributed by atoms with Crippen molar-refractivity contribution < 1.29 is 4.92 Å². The van der Waals surface area contributed by atoms with Crippen LogP contribution in [0.4, 0.5) is 17.2 Å². The van der Waals surface area contributed by atoms with E-state index in [9.17, 15) is 10.1 Å². The normalized spacial score (nSPS) is 15.7. The molecule has 0 aromatic carbocycles. The number of halogens is 1. The van der Waals surface area contributed by atoms with Crippen molar-refractivity contribution in [2.75, 3.05) is 36.8 Å². The highest BCUT2D eigenvalue weighted by atomic mass is 79.9. The Morgan fingerprint density at radius 3 is 2.62 bits per heavy atom. The first-order valence-corrected chi connectivity index (χ1v) is 8.28. The summed E-state index contributed by atoms with van der Waals surface area (Å²) in [6, 6.07) is 0. The average molecular weight is 396 g/mol. The molecule has 2 aromatic heterocycles. The van der Waals surface area contributed by atoms with E-state index >= 15 is 0 Å². The Morgan fingerprint density at radius 2 is 2.04 bits per heavy atom. The summed E-state index contributed by atoms with van der Waals surface area (Å²) < 4.78 is 2.58. The minimum Gasteiger partial charge on any atom is -0.378 e. The van der Waals surface area contributed by atoms with E-state index in [-0.39, 0.29) is 11.5 Å². The molecule has 0 radical (unpaired) electrons. The number of piperazine rings is 1. The van der Waals surface area contributed by atoms with Crippen molar-refractivity contribution in [1.29, 1.82) is 0 Å². The number of hydrogen-bond donors (Lipinski definition) is 1. The lowest BCUT2D eigenvalue weighted by Crippen LogP contribution is -2.46. The lowest BCUT2D eigenvalue weighted by molar-refractivity contribution is -0.383. The third-order valence-corrected chi connectivity index (χ3v) is 4.75. The van der Waals surface area contributed by atoms with E-state index in [1.54, 1.807) is 6.20 Å². The Hall–Kier alpha value is -2.20. The second-order valence-corrected chi connectivity index (χ2v) is 6.52. The fourth-order valence-electron chi connectivity index (χ4n) is 2.84. The molecule has 2 aromatic rings. The summed E-state index contributed by atoms with van der Waals surface area (Å²) in [6.07, 6.45) is 5.22. The third-order valence-electron chi connectivity index (χ3n) is 4.17. The molecule has 3 heterocycles. The summed E-state index contributed by atoms with van der Waals surface area (Å²) in [5, 5.41) is 11.4. The van der Waals surface area contributed by atoms with E-state index in [4.69, 9.17) is 5.73 Å². The van der Waals surface area contributed by atoms with Crippen molar-refractivity contribution in [1.82, 2.24) is 19.4 Å². The molecule has 0 atom stereocenters. The van der Waals surface area contributed by atoms with E-state index < -0.39 is 4.92 Å². The van der Waals surface area contributed by atoms with Crippen LogP contribution >= 0.6 is 15.9 Å². The van der Waals surface area contributed by atoms with Crippen molar-refractivity contribution in [3.8, 4) is 0 Å². The first-order chi connectivity index (χ1) is 11.5. The Kier molecular flexibility index (Phi) is 4.67. The number of hydrogen-bond acceptors (Lipinski definition) is 7. The van der Waals surface area contributed by atoms with Crippen LogP contribution in [0.5, 0.6) is 0 Å². The zero-order valence-corrected chi connectivity index (χ0v) is 14.8. The highest BCUT2D eigenvalue weighted by Gasteiger charge is 2.29. The summed E-state index contributed by atoms with van der Waals surface area (Å²) in [5.74, 6) is 0.942. The maximum Gasteiger partial charge on any atom is 0.335 e. The maximum absolute atomic E-state index is 11.4. The molecule has 0 amide bonds. The number of aromatic nitrogens is 3. The molecule has 3 rings (SSSR count). The number of aryl methyl sites for hydroxylation is 1. The van der Waals surface area contributed by atoms with Gasteiger partial charge in [0.25, 0.3) is 0 Å². The largest absolute Gasteiger partial charge is 0.378 e. The van der Waals surface area contributed by atoms with Gasteiger partial charge in [-0.25, -0.2) is 9.97 Å². The standard InChI is InChI=1S/C14H18BrN7O2/c1-19-3-2-17-11(19)9-20-4-6-21(7-5-20)12-10(15)8-18-14(16)13(12)22(23)24/h2-3,8H,4-7,9H2,1H3,(H2,16,18). The van der Waals surface area contributed by atoms with E-state index in [2.05, 4.69) is 30.8 Å². The molecule has 1 saturated heterocycles. The summed E-state index contributed by atoms with van der Waals surface area (Å²) in [5.41, 5.74) is 6.08. The first kappa shape index (κ1) is 16.7. The zero-order valence-electron chi connectivity index (χ0n) is 13.2. The molecule has 2 N–H and O–H groups in total. The van der Waals surface area contributed by atoms with Crippen LogP contribution in [0.2, 0.25) is 0 Å². The lowest BCUT2D eigenvalue weighted by atomic mass is 10.2. The molecule has 1 aliphatic heterocycles. The lowest BCUT2D eigenvalue weighted by Gasteiger charge is -2.35. The van der Waals surface area contributed by atoms with Crippen LogP contribution in [-0.2, 0) is 13.6 Å². The average Bonchev–Trinajstić information content (AvgIpc) is 2.95. The molecular weight excluding hydrogens is 378 g/mol. The van der Waals surface area contributed by atoms with Crippen molar-refractivity contribution in [2.24, 2.45) is 7.05 Å². The second kappa shape index (κ2) is 6.73. The number of nitro groups is 1. The fourth-order valence-corrected chi connectivity index (χ4v) is 3.38. The maximum atomic E-state index is 11.4. The molecule has 24 heavy (non-hydrogen) atoms. The smallest absolute Gasteiger partial charge is 0.335 e. The second-order valence-electron chi connectivity index (χ2n) is 5.66. The minimum atomic E-state index is -0.470. The van der Waals surface area contributed by atoms with Gasteiger partial charge in [-0.1, -0.05) is 0 Å². The molecule has 9 nitrogen and oxygen atoms in total. The number of rotatable bonds is 4. The molecule has 0 bridgehead atoms. The highest BCUT2D eigenvalue weighted by molar-refractivity contribution is 9.10. The predicted octanol–water partition coefficient (Wildman–Crippen LogP) is 1.39. The molecule has 1 fully saturated rings. The van der Waals surface area contributed by atoms with Crippen LogP contribution in [0.3, 0.4) is 0 Å². The number of nitrogen functional groups attached to an aromatic ring is 1. The van der Waals surface area contributed by atoms with Gasteiger partial charge in [0.2, 0.25) is 5.82 Å². The minimum absolute atomic E-state index is 0.0614. The monoisotopic (exact) mass is 395 g/mol. The fraction of sp³-hybridized carbons (Fsp3) is 0.429. The van der Waals surface area contributed by atoms with Gasteiger partial charge >= 0.3 is 5.69 Å². The first-order valence-electron chi connectivity index (χ1n) is 7.49. The number of nitrogens with two attached hydrogens (primary N) is 1. The van der Waals surface area contributed by atoms with E-state index in [0.29, 0.717) is 23.2 Å². The molecule has 128 valence electrons. The van der Waals surface area contributed by atoms with Gasteiger partial charge in [0, 0.05) is 51.8 Å². The van der Waals surface area contributed by atoms with Crippen LogP contribution in [0, 0.1) is 10.1 Å². The van der Waals surface area contributed by atoms with Crippen LogP contribution < -0.4 is 10.6 Å². The van der Waals surface area contributed by atoms with Crippen LogP contribution in [-0.4, -0.2) is 50.5 Å². The zero-order chi connectivity index (χ0) is 17.3. The summed E-state index contributed by atoms with van der Waals surface area (Å²) in [7, 11) is 1.97. The number of anilines is 2. The van der Waals surface area contributed by atoms with E-state index in [1.807, 2.05) is 22.7 Å². The Morgan fingerprint density at radius 1 is 1.33 bits per heavy atom. The van der Waals surface area contributed by atoms with Gasteiger partial charge in [0.1, 0.15) is 11.5 Å². The van der Waals surface area contributed by atoms with Crippen LogP contribution in [0.15, 0.2) is 23.1 Å². The molecule has 0 spiro atoms. The van der Waals surface area contributed by atoms with Crippen molar-refractivity contribution in [3.05, 3.63) is 39.0 Å². The van der Waals surface area contributed by atoms with Crippen molar-refractivity contribution >= 4 is 33.1 Å². The molecule has 1 aliphatic rings. The predicted molar refractivity (Wildman–Crippen MR) is 93.7 cm³/mol. The molecule has 10 heteroatoms. The summed E-state index contributed by atoms with van der Waals surface area (Å²) >= 11 is 3.37. The van der Waals surface area contributed by atoms with Gasteiger partial charge in [-0.3, -0.25) is 15.0 Å². The summed E-state index contributed by atoms with van der Waals surface area (Å²) in [6.45, 7) is 3.69. The van der Waals surface area contributed by atoms with Crippen LogP contribution in [0.25, 0.3) is 0 Å². The topological polar surface area (TPSA) is 106 Å². The molecule has 0 saturated carbocycles. The number of nitrogens with zero attached hydrogens (tertiary/aromatic N) is 6. The quantitative estimate of drug-likeness (QED) is 0.615. The van der Waals surface area contributed by atoms with Gasteiger partial charge in [0.05, 0.1) is 15.9 Å². The Bertz CT molecular complexity index is 756. The molecule has 0 aliphatic carbocycles. The van der Waals surface area contributed by atoms with Gasteiger partial charge in [-0.05, 0) is 15.9 Å². The van der Waals surface area contributed by atoms with Gasteiger partial charge in [0.15, 0.2) is 0 Å². The van der Waals surface area contributed by atoms with Gasteiger partial charge < -0.3 is 15.2 Å².